The Hall–Kier alpha value is -2.45. The van der Waals surface area contributed by atoms with Crippen LogP contribution in [-0.2, 0) is 25.7 Å². The maximum atomic E-state index is 12.1. The van der Waals surface area contributed by atoms with E-state index in [4.69, 9.17) is 4.74 Å². The molecule has 1 heterocycles. The highest BCUT2D eigenvalue weighted by Crippen LogP contribution is 2.31. The van der Waals surface area contributed by atoms with Crippen LogP contribution in [0.15, 0.2) is 24.3 Å². The van der Waals surface area contributed by atoms with E-state index in [1.807, 2.05) is 36.1 Å². The Kier molecular flexibility index (Phi) is 9.94. The molecule has 0 spiro atoms. The Labute approximate surface area is 183 Å². The van der Waals surface area contributed by atoms with Crippen LogP contribution in [-0.4, -0.2) is 59.2 Å². The van der Waals surface area contributed by atoms with Crippen LogP contribution in [0, 0.1) is 0 Å². The van der Waals surface area contributed by atoms with Crippen LogP contribution in [0.4, 0.5) is 5.69 Å². The average Bonchev–Trinajstić information content (AvgIpc) is 2.75. The molecule has 1 amide bonds. The molecule has 1 saturated heterocycles. The van der Waals surface area contributed by atoms with Gasteiger partial charge in [0.1, 0.15) is 25.1 Å². The summed E-state index contributed by atoms with van der Waals surface area (Å²) in [5.41, 5.74) is 1.59. The number of nitrogens with one attached hydrogen (secondary N) is 1. The molecule has 0 aromatic heterocycles. The zero-order valence-corrected chi connectivity index (χ0v) is 18.3. The van der Waals surface area contributed by atoms with Gasteiger partial charge < -0.3 is 30.0 Å². The van der Waals surface area contributed by atoms with Gasteiger partial charge in [0.25, 0.3) is 0 Å². The smallest absolute Gasteiger partial charge is 0.306 e. The van der Waals surface area contributed by atoms with E-state index in [1.165, 1.54) is 6.92 Å². The summed E-state index contributed by atoms with van der Waals surface area (Å²) in [5.74, 6) is -0.599. The topological polar surface area (TPSA) is 116 Å². The van der Waals surface area contributed by atoms with Gasteiger partial charge in [0.2, 0.25) is 5.91 Å². The standard InChI is InChI=1S/C23H34N2O6/c1-3-9-20-23(30)22(29)18(24-16(2)27)14-25(20)19-11-7-6-10-17(19)15-31-21(28)12-5-4-8-13-26/h6-7,10-11,13,18,20,22-23,29-30H,3-5,8-9,12,14-15H2,1-2H3,(H,24,27)/t18-,20+,22+,23-/m0/s1. The second kappa shape index (κ2) is 12.4. The fraction of sp³-hybridized carbons (Fsp3) is 0.609. The minimum absolute atomic E-state index is 0.0848. The third-order valence-corrected chi connectivity index (χ3v) is 5.57. The number of carbonyl (C=O) groups is 3. The second-order valence-electron chi connectivity index (χ2n) is 8.00. The molecular weight excluding hydrogens is 400 g/mol. The third-order valence-electron chi connectivity index (χ3n) is 5.57. The molecule has 1 aliphatic rings. The zero-order valence-electron chi connectivity index (χ0n) is 18.3. The molecule has 8 heteroatoms. The lowest BCUT2D eigenvalue weighted by molar-refractivity contribution is -0.145. The molecule has 2 rings (SSSR count). The summed E-state index contributed by atoms with van der Waals surface area (Å²) >= 11 is 0. The first-order valence-electron chi connectivity index (χ1n) is 11.0. The number of ether oxygens (including phenoxy) is 1. The molecule has 172 valence electrons. The van der Waals surface area contributed by atoms with Crippen LogP contribution in [0.5, 0.6) is 0 Å². The highest BCUT2D eigenvalue weighted by atomic mass is 16.5. The highest BCUT2D eigenvalue weighted by Gasteiger charge is 2.42. The van der Waals surface area contributed by atoms with Crippen LogP contribution >= 0.6 is 0 Å². The lowest BCUT2D eigenvalue weighted by Crippen LogP contribution is -2.65. The molecule has 8 nitrogen and oxygen atoms in total. The number of unbranched alkanes of at least 4 members (excludes halogenated alkanes) is 2. The van der Waals surface area contributed by atoms with Gasteiger partial charge in [-0.3, -0.25) is 9.59 Å². The minimum atomic E-state index is -1.06. The molecule has 0 saturated carbocycles. The van der Waals surface area contributed by atoms with Gasteiger partial charge in [-0.25, -0.2) is 0 Å². The first-order chi connectivity index (χ1) is 14.9. The number of hydrogen-bond donors (Lipinski definition) is 3. The van der Waals surface area contributed by atoms with E-state index < -0.39 is 18.2 Å². The number of para-hydroxylation sites is 1. The zero-order chi connectivity index (χ0) is 22.8. The molecule has 1 aliphatic heterocycles. The van der Waals surface area contributed by atoms with Crippen molar-refractivity contribution >= 4 is 23.9 Å². The molecule has 4 atom stereocenters. The van der Waals surface area contributed by atoms with Crippen molar-refractivity contribution in [3.8, 4) is 0 Å². The van der Waals surface area contributed by atoms with E-state index in [2.05, 4.69) is 5.32 Å². The number of aldehydes is 1. The summed E-state index contributed by atoms with van der Waals surface area (Å²) in [5, 5.41) is 24.0. The summed E-state index contributed by atoms with van der Waals surface area (Å²) in [7, 11) is 0. The van der Waals surface area contributed by atoms with Crippen LogP contribution < -0.4 is 10.2 Å². The quantitative estimate of drug-likeness (QED) is 0.276. The molecule has 1 fully saturated rings. The van der Waals surface area contributed by atoms with E-state index in [0.717, 1.165) is 24.0 Å². The van der Waals surface area contributed by atoms with E-state index in [1.54, 1.807) is 0 Å². The number of amides is 1. The number of hydrogen-bond acceptors (Lipinski definition) is 7. The number of rotatable bonds is 11. The normalized spacial score (nSPS) is 23.3. The van der Waals surface area contributed by atoms with Crippen LogP contribution in [0.1, 0.15) is 57.9 Å². The summed E-state index contributed by atoms with van der Waals surface area (Å²) < 4.78 is 5.44. The predicted molar refractivity (Wildman–Crippen MR) is 116 cm³/mol. The van der Waals surface area contributed by atoms with Gasteiger partial charge >= 0.3 is 5.97 Å². The van der Waals surface area contributed by atoms with E-state index in [-0.39, 0.29) is 30.9 Å². The van der Waals surface area contributed by atoms with Crippen molar-refractivity contribution in [1.29, 1.82) is 0 Å². The van der Waals surface area contributed by atoms with Gasteiger partial charge in [0, 0.05) is 37.6 Å². The molecule has 0 radical (unpaired) electrons. The summed E-state index contributed by atoms with van der Waals surface area (Å²) in [6, 6.07) is 6.54. The van der Waals surface area contributed by atoms with Gasteiger partial charge in [-0.2, -0.15) is 0 Å². The molecule has 0 aliphatic carbocycles. The Bertz CT molecular complexity index is 741. The molecule has 3 N–H and O–H groups in total. The Morgan fingerprint density at radius 2 is 1.97 bits per heavy atom. The Balaban J connectivity index is 2.17. The molecule has 1 aromatic rings. The second-order valence-corrected chi connectivity index (χ2v) is 8.00. The first-order valence-corrected chi connectivity index (χ1v) is 11.0. The third kappa shape index (κ3) is 7.04. The average molecular weight is 435 g/mol. The fourth-order valence-electron chi connectivity index (χ4n) is 4.04. The number of aliphatic hydroxyl groups excluding tert-OH is 2. The van der Waals surface area contributed by atoms with Crippen molar-refractivity contribution in [2.45, 2.75) is 83.3 Å². The van der Waals surface area contributed by atoms with Crippen molar-refractivity contribution in [1.82, 2.24) is 5.32 Å². The van der Waals surface area contributed by atoms with Crippen LogP contribution in [0.3, 0.4) is 0 Å². The molecular formula is C23H34N2O6. The van der Waals surface area contributed by atoms with Gasteiger partial charge in [0.05, 0.1) is 12.1 Å². The Morgan fingerprint density at radius 3 is 2.65 bits per heavy atom. The van der Waals surface area contributed by atoms with Crippen molar-refractivity contribution < 1.29 is 29.3 Å². The lowest BCUT2D eigenvalue weighted by Gasteiger charge is -2.47. The SMILES string of the molecule is CCC[C@@H]1[C@H](O)[C@H](O)[C@@H](NC(C)=O)CN1c1ccccc1COC(=O)CCCCC=O. The largest absolute Gasteiger partial charge is 0.461 e. The number of carbonyl (C=O) groups excluding carboxylic acids is 3. The van der Waals surface area contributed by atoms with Gasteiger partial charge in [-0.05, 0) is 25.3 Å². The van der Waals surface area contributed by atoms with E-state index in [0.29, 0.717) is 32.2 Å². The van der Waals surface area contributed by atoms with Crippen molar-refractivity contribution in [3.63, 3.8) is 0 Å². The number of esters is 1. The number of nitrogens with zero attached hydrogens (tertiary/aromatic N) is 1. The molecule has 0 unspecified atom stereocenters. The van der Waals surface area contributed by atoms with Crippen LogP contribution in [0.25, 0.3) is 0 Å². The van der Waals surface area contributed by atoms with Gasteiger partial charge in [0.15, 0.2) is 0 Å². The number of piperidine rings is 1. The summed E-state index contributed by atoms with van der Waals surface area (Å²) in [6.45, 7) is 3.81. The number of benzene rings is 1. The molecule has 1 aromatic carbocycles. The minimum Gasteiger partial charge on any atom is -0.461 e. The highest BCUT2D eigenvalue weighted by molar-refractivity contribution is 5.73. The predicted octanol–water partition coefficient (Wildman–Crippen LogP) is 1.70. The van der Waals surface area contributed by atoms with E-state index in [9.17, 15) is 24.6 Å². The van der Waals surface area contributed by atoms with Crippen LogP contribution in [0.2, 0.25) is 0 Å². The van der Waals surface area contributed by atoms with Crippen molar-refractivity contribution in [2.75, 3.05) is 11.4 Å². The maximum absolute atomic E-state index is 12.1. The maximum Gasteiger partial charge on any atom is 0.306 e. The van der Waals surface area contributed by atoms with E-state index >= 15 is 0 Å². The fourth-order valence-corrected chi connectivity index (χ4v) is 4.04. The van der Waals surface area contributed by atoms with Gasteiger partial charge in [-0.15, -0.1) is 0 Å². The Morgan fingerprint density at radius 1 is 1.23 bits per heavy atom. The van der Waals surface area contributed by atoms with Gasteiger partial charge in [-0.1, -0.05) is 31.5 Å². The monoisotopic (exact) mass is 434 g/mol. The lowest BCUT2D eigenvalue weighted by atomic mass is 9.88. The molecule has 0 bridgehead atoms. The summed E-state index contributed by atoms with van der Waals surface area (Å²) in [4.78, 5) is 36.0. The first kappa shape index (κ1) is 24.8. The van der Waals surface area contributed by atoms with Crippen molar-refractivity contribution in [2.24, 2.45) is 0 Å². The molecule has 31 heavy (non-hydrogen) atoms. The number of aliphatic hydroxyl groups is 2. The van der Waals surface area contributed by atoms with Crippen molar-refractivity contribution in [3.05, 3.63) is 29.8 Å². The summed E-state index contributed by atoms with van der Waals surface area (Å²) in [6.07, 6.45) is 2.18. The number of anilines is 1.